The van der Waals surface area contributed by atoms with Gasteiger partial charge in [0.1, 0.15) is 35.8 Å². The van der Waals surface area contributed by atoms with Crippen LogP contribution in [0.25, 0.3) is 11.1 Å². The zero-order chi connectivity index (χ0) is 25.2. The molecule has 0 aromatic heterocycles. The second kappa shape index (κ2) is 10.4. The summed E-state index contributed by atoms with van der Waals surface area (Å²) in [5.74, 6) is 2.26. The molecule has 1 N–H and O–H groups in total. The van der Waals surface area contributed by atoms with Gasteiger partial charge in [0.15, 0.2) is 0 Å². The Morgan fingerprint density at radius 2 is 1.83 bits per heavy atom. The molecular formula is C31H34FNO3. The third-order valence-electron chi connectivity index (χ3n) is 7.63. The average Bonchev–Trinajstić information content (AvgIpc) is 3.38. The molecule has 1 fully saturated rings. The summed E-state index contributed by atoms with van der Waals surface area (Å²) in [5.41, 5.74) is 4.66. The van der Waals surface area contributed by atoms with Crippen molar-refractivity contribution in [2.24, 2.45) is 5.92 Å². The van der Waals surface area contributed by atoms with Crippen LogP contribution in [-0.4, -0.2) is 35.7 Å². The summed E-state index contributed by atoms with van der Waals surface area (Å²) in [5, 5.41) is 10.1. The Bertz CT molecular complexity index is 1240. The van der Waals surface area contributed by atoms with Crippen LogP contribution in [0.3, 0.4) is 0 Å². The van der Waals surface area contributed by atoms with E-state index >= 15 is 0 Å². The number of halogens is 1. The fourth-order valence-electron chi connectivity index (χ4n) is 5.33. The van der Waals surface area contributed by atoms with E-state index in [-0.39, 0.29) is 17.7 Å². The molecule has 1 unspecified atom stereocenters. The van der Waals surface area contributed by atoms with Crippen LogP contribution in [0.15, 0.2) is 66.7 Å². The predicted octanol–water partition coefficient (Wildman–Crippen LogP) is 7.09. The topological polar surface area (TPSA) is 41.9 Å². The highest BCUT2D eigenvalue weighted by atomic mass is 19.1. The van der Waals surface area contributed by atoms with Crippen molar-refractivity contribution in [2.75, 3.05) is 19.7 Å². The van der Waals surface area contributed by atoms with Gasteiger partial charge in [-0.15, -0.1) is 0 Å². The molecule has 2 aliphatic heterocycles. The number of hydrogen-bond acceptors (Lipinski definition) is 4. The summed E-state index contributed by atoms with van der Waals surface area (Å²) in [6.07, 6.45) is 2.16. The van der Waals surface area contributed by atoms with Gasteiger partial charge in [0, 0.05) is 23.7 Å². The molecule has 3 aromatic carbocycles. The van der Waals surface area contributed by atoms with Gasteiger partial charge in [-0.2, -0.15) is 0 Å². The molecule has 188 valence electrons. The van der Waals surface area contributed by atoms with Crippen molar-refractivity contribution in [3.63, 3.8) is 0 Å². The fourth-order valence-corrected chi connectivity index (χ4v) is 5.33. The third kappa shape index (κ3) is 4.98. The average molecular weight is 488 g/mol. The van der Waals surface area contributed by atoms with Crippen molar-refractivity contribution in [2.45, 2.75) is 45.8 Å². The van der Waals surface area contributed by atoms with E-state index in [1.165, 1.54) is 25.0 Å². The van der Waals surface area contributed by atoms with Crippen LogP contribution in [0, 0.1) is 11.7 Å². The standard InChI is InChI=1S/C31H34FNO3/c1-4-22-15-16-33(18-22)20(2)19-35-27-12-7-24(8-13-27)31-30(23-5-9-25(32)10-6-23)21(3)28-17-26(34)11-14-29(28)36-31/h5-14,17,20,22,31,34H,4,15-16,18-19H2,1-3H3/t20-,22+,31?/m0/s1. The second-order valence-electron chi connectivity index (χ2n) is 10.0. The van der Waals surface area contributed by atoms with Gasteiger partial charge in [0.25, 0.3) is 0 Å². The van der Waals surface area contributed by atoms with Gasteiger partial charge in [-0.25, -0.2) is 4.39 Å². The number of rotatable bonds is 7. The van der Waals surface area contributed by atoms with Crippen molar-refractivity contribution < 1.29 is 19.0 Å². The summed E-state index contributed by atoms with van der Waals surface area (Å²) in [4.78, 5) is 2.52. The van der Waals surface area contributed by atoms with E-state index in [2.05, 4.69) is 18.7 Å². The monoisotopic (exact) mass is 487 g/mol. The summed E-state index contributed by atoms with van der Waals surface area (Å²) < 4.78 is 26.3. The lowest BCUT2D eigenvalue weighted by Gasteiger charge is -2.31. The lowest BCUT2D eigenvalue weighted by Crippen LogP contribution is -2.35. The molecule has 4 nitrogen and oxygen atoms in total. The van der Waals surface area contributed by atoms with Crippen LogP contribution in [0.5, 0.6) is 17.2 Å². The van der Waals surface area contributed by atoms with Gasteiger partial charge in [0.05, 0.1) is 0 Å². The van der Waals surface area contributed by atoms with Crippen molar-refractivity contribution in [3.05, 3.63) is 89.2 Å². The number of ether oxygens (including phenoxy) is 2. The van der Waals surface area contributed by atoms with E-state index in [0.717, 1.165) is 52.6 Å². The summed E-state index contributed by atoms with van der Waals surface area (Å²) in [7, 11) is 0. The molecule has 0 radical (unpaired) electrons. The number of phenols is 1. The molecular weight excluding hydrogens is 453 g/mol. The zero-order valence-electron chi connectivity index (χ0n) is 21.2. The second-order valence-corrected chi connectivity index (χ2v) is 10.0. The van der Waals surface area contributed by atoms with Crippen LogP contribution in [-0.2, 0) is 0 Å². The largest absolute Gasteiger partial charge is 0.508 e. The quantitative estimate of drug-likeness (QED) is 0.386. The van der Waals surface area contributed by atoms with Gasteiger partial charge in [0.2, 0.25) is 0 Å². The maximum absolute atomic E-state index is 13.7. The van der Waals surface area contributed by atoms with Gasteiger partial charge >= 0.3 is 0 Å². The van der Waals surface area contributed by atoms with E-state index < -0.39 is 0 Å². The molecule has 0 aliphatic carbocycles. The number of nitrogens with zero attached hydrogens (tertiary/aromatic N) is 1. The minimum atomic E-state index is -0.365. The van der Waals surface area contributed by atoms with E-state index in [1.54, 1.807) is 30.3 Å². The van der Waals surface area contributed by atoms with Gasteiger partial charge in [-0.1, -0.05) is 37.6 Å². The van der Waals surface area contributed by atoms with Crippen LogP contribution >= 0.6 is 0 Å². The Kier molecular flexibility index (Phi) is 7.01. The van der Waals surface area contributed by atoms with Gasteiger partial charge < -0.3 is 14.6 Å². The lowest BCUT2D eigenvalue weighted by atomic mass is 9.86. The first kappa shape index (κ1) is 24.4. The van der Waals surface area contributed by atoms with Crippen molar-refractivity contribution in [1.82, 2.24) is 4.90 Å². The minimum absolute atomic E-state index is 0.184. The van der Waals surface area contributed by atoms with E-state index in [1.807, 2.05) is 31.2 Å². The predicted molar refractivity (Wildman–Crippen MR) is 142 cm³/mol. The molecule has 0 amide bonds. The smallest absolute Gasteiger partial charge is 0.150 e. The molecule has 5 rings (SSSR count). The number of likely N-dealkylation sites (tertiary alicyclic amines) is 1. The van der Waals surface area contributed by atoms with Crippen molar-refractivity contribution >= 4 is 11.1 Å². The SMILES string of the molecule is CC[C@@H]1CCN([C@@H](C)COc2ccc(C3Oc4ccc(O)cc4C(C)=C3c3ccc(F)cc3)cc2)C1. The van der Waals surface area contributed by atoms with Crippen LogP contribution in [0.1, 0.15) is 56.4 Å². The molecule has 1 saturated heterocycles. The highest BCUT2D eigenvalue weighted by Gasteiger charge is 2.30. The number of fused-ring (bicyclic) bond motifs is 1. The number of hydrogen-bond donors (Lipinski definition) is 1. The van der Waals surface area contributed by atoms with E-state index in [4.69, 9.17) is 9.47 Å². The maximum atomic E-state index is 13.7. The van der Waals surface area contributed by atoms with E-state index in [0.29, 0.717) is 18.4 Å². The number of aromatic hydroxyl groups is 1. The fraction of sp³-hybridized carbons (Fsp3) is 0.355. The highest BCUT2D eigenvalue weighted by Crippen LogP contribution is 2.47. The highest BCUT2D eigenvalue weighted by molar-refractivity contribution is 5.95. The summed E-state index contributed by atoms with van der Waals surface area (Å²) in [6.45, 7) is 9.50. The molecule has 3 aromatic rings. The van der Waals surface area contributed by atoms with Gasteiger partial charge in [-0.3, -0.25) is 4.90 Å². The Balaban J connectivity index is 1.37. The molecule has 2 aliphatic rings. The minimum Gasteiger partial charge on any atom is -0.508 e. The Hall–Kier alpha value is -3.31. The molecule has 0 spiro atoms. The lowest BCUT2D eigenvalue weighted by molar-refractivity contribution is 0.168. The molecule has 2 heterocycles. The Morgan fingerprint density at radius 1 is 1.08 bits per heavy atom. The number of phenolic OH excluding ortho intramolecular Hbond substituents is 1. The van der Waals surface area contributed by atoms with E-state index in [9.17, 15) is 9.50 Å². The number of benzene rings is 3. The zero-order valence-corrected chi connectivity index (χ0v) is 21.2. The first-order chi connectivity index (χ1) is 17.4. The first-order valence-electron chi connectivity index (χ1n) is 12.9. The molecule has 5 heteroatoms. The number of allylic oxidation sites excluding steroid dienone is 1. The Morgan fingerprint density at radius 3 is 2.53 bits per heavy atom. The maximum Gasteiger partial charge on any atom is 0.150 e. The first-order valence-corrected chi connectivity index (χ1v) is 12.9. The van der Waals surface area contributed by atoms with Crippen molar-refractivity contribution in [1.29, 1.82) is 0 Å². The normalized spacial score (nSPS) is 20.7. The van der Waals surface area contributed by atoms with Crippen LogP contribution in [0.4, 0.5) is 4.39 Å². The summed E-state index contributed by atoms with van der Waals surface area (Å²) in [6, 6.07) is 20.1. The molecule has 3 atom stereocenters. The molecule has 36 heavy (non-hydrogen) atoms. The third-order valence-corrected chi connectivity index (χ3v) is 7.63. The van der Waals surface area contributed by atoms with Gasteiger partial charge in [-0.05, 0) is 91.9 Å². The van der Waals surface area contributed by atoms with Crippen LogP contribution < -0.4 is 9.47 Å². The summed E-state index contributed by atoms with van der Waals surface area (Å²) >= 11 is 0. The van der Waals surface area contributed by atoms with Crippen LogP contribution in [0.2, 0.25) is 0 Å². The molecule has 0 saturated carbocycles. The van der Waals surface area contributed by atoms with Crippen molar-refractivity contribution in [3.8, 4) is 17.2 Å². The molecule has 0 bridgehead atoms. The Labute approximate surface area is 213 Å².